The maximum atomic E-state index is 12.1. The van der Waals surface area contributed by atoms with Crippen LogP contribution in [-0.4, -0.2) is 50.6 Å². The van der Waals surface area contributed by atoms with E-state index in [0.717, 1.165) is 51.2 Å². The Hall–Kier alpha value is -1.75. The van der Waals surface area contributed by atoms with Crippen LogP contribution < -0.4 is 15.4 Å². The summed E-state index contributed by atoms with van der Waals surface area (Å²) in [5.41, 5.74) is 6.66. The zero-order valence-electron chi connectivity index (χ0n) is 13.5. The molecular formula is C17H27N3O2. The fourth-order valence-electron chi connectivity index (χ4n) is 2.76. The Morgan fingerprint density at radius 2 is 1.77 bits per heavy atom. The Balaban J connectivity index is 1.75. The molecule has 0 bridgehead atoms. The first kappa shape index (κ1) is 16.6. The van der Waals surface area contributed by atoms with E-state index in [1.54, 1.807) is 7.11 Å². The molecule has 1 fully saturated rings. The van der Waals surface area contributed by atoms with Gasteiger partial charge >= 0.3 is 0 Å². The Kier molecular flexibility index (Phi) is 6.52. The van der Waals surface area contributed by atoms with E-state index in [4.69, 9.17) is 10.5 Å². The number of rotatable bonds is 7. The van der Waals surface area contributed by atoms with Crippen LogP contribution in [0.3, 0.4) is 0 Å². The highest BCUT2D eigenvalue weighted by atomic mass is 16.5. The Labute approximate surface area is 133 Å². The summed E-state index contributed by atoms with van der Waals surface area (Å²) in [5, 5.41) is 0. The SMILES string of the molecule is COc1ccc(N2CCN(C(=O)CCCCCN)CC2)cc1. The quantitative estimate of drug-likeness (QED) is 0.781. The average molecular weight is 305 g/mol. The molecule has 1 amide bonds. The lowest BCUT2D eigenvalue weighted by Gasteiger charge is -2.36. The number of carbonyl (C=O) groups excluding carboxylic acids is 1. The molecule has 1 aromatic rings. The summed E-state index contributed by atoms with van der Waals surface area (Å²) in [4.78, 5) is 16.5. The second kappa shape index (κ2) is 8.63. The van der Waals surface area contributed by atoms with Gasteiger partial charge in [0.15, 0.2) is 0 Å². The van der Waals surface area contributed by atoms with Crippen LogP contribution in [0, 0.1) is 0 Å². The van der Waals surface area contributed by atoms with Gasteiger partial charge < -0.3 is 20.3 Å². The van der Waals surface area contributed by atoms with Gasteiger partial charge in [-0.15, -0.1) is 0 Å². The van der Waals surface area contributed by atoms with Crippen molar-refractivity contribution in [1.82, 2.24) is 4.90 Å². The smallest absolute Gasteiger partial charge is 0.222 e. The molecule has 122 valence electrons. The molecule has 2 rings (SSSR count). The van der Waals surface area contributed by atoms with Crippen molar-refractivity contribution in [2.45, 2.75) is 25.7 Å². The molecule has 0 saturated carbocycles. The lowest BCUT2D eigenvalue weighted by atomic mass is 10.1. The Morgan fingerprint density at radius 1 is 1.09 bits per heavy atom. The van der Waals surface area contributed by atoms with Crippen LogP contribution in [0.15, 0.2) is 24.3 Å². The van der Waals surface area contributed by atoms with Crippen molar-refractivity contribution >= 4 is 11.6 Å². The van der Waals surface area contributed by atoms with Gasteiger partial charge in [0, 0.05) is 38.3 Å². The van der Waals surface area contributed by atoms with Gasteiger partial charge in [0.05, 0.1) is 7.11 Å². The molecule has 5 heteroatoms. The summed E-state index contributed by atoms with van der Waals surface area (Å²) in [6.07, 6.45) is 3.67. The minimum atomic E-state index is 0.284. The minimum Gasteiger partial charge on any atom is -0.497 e. The van der Waals surface area contributed by atoms with Gasteiger partial charge in [-0.1, -0.05) is 6.42 Å². The summed E-state index contributed by atoms with van der Waals surface area (Å²) >= 11 is 0. The number of hydrogen-bond acceptors (Lipinski definition) is 4. The fourth-order valence-corrected chi connectivity index (χ4v) is 2.76. The molecule has 2 N–H and O–H groups in total. The number of anilines is 1. The van der Waals surface area contributed by atoms with E-state index in [9.17, 15) is 4.79 Å². The molecule has 0 aliphatic carbocycles. The van der Waals surface area contributed by atoms with Gasteiger partial charge in [-0.25, -0.2) is 0 Å². The number of unbranched alkanes of at least 4 members (excludes halogenated alkanes) is 2. The minimum absolute atomic E-state index is 0.284. The van der Waals surface area contributed by atoms with Gasteiger partial charge in [-0.2, -0.15) is 0 Å². The predicted octanol–water partition coefficient (Wildman–Crippen LogP) is 1.86. The van der Waals surface area contributed by atoms with Crippen LogP contribution in [0.1, 0.15) is 25.7 Å². The van der Waals surface area contributed by atoms with Crippen molar-refractivity contribution in [1.29, 1.82) is 0 Å². The van der Waals surface area contributed by atoms with Gasteiger partial charge in [0.1, 0.15) is 5.75 Å². The van der Waals surface area contributed by atoms with Crippen molar-refractivity contribution in [2.75, 3.05) is 44.7 Å². The maximum Gasteiger partial charge on any atom is 0.222 e. The number of methoxy groups -OCH3 is 1. The number of hydrogen-bond donors (Lipinski definition) is 1. The van der Waals surface area contributed by atoms with Gasteiger partial charge in [-0.05, 0) is 43.7 Å². The zero-order chi connectivity index (χ0) is 15.8. The van der Waals surface area contributed by atoms with Crippen molar-refractivity contribution in [3.05, 3.63) is 24.3 Å². The van der Waals surface area contributed by atoms with Crippen LogP contribution in [0.5, 0.6) is 5.75 Å². The molecule has 0 unspecified atom stereocenters. The number of piperazine rings is 1. The van der Waals surface area contributed by atoms with E-state index in [1.807, 2.05) is 17.0 Å². The molecule has 1 heterocycles. The highest BCUT2D eigenvalue weighted by molar-refractivity contribution is 5.76. The normalized spacial score (nSPS) is 15.0. The first-order valence-corrected chi connectivity index (χ1v) is 8.11. The summed E-state index contributed by atoms with van der Waals surface area (Å²) in [7, 11) is 1.67. The topological polar surface area (TPSA) is 58.8 Å². The van der Waals surface area contributed by atoms with E-state index in [-0.39, 0.29) is 5.91 Å². The molecule has 1 aliphatic rings. The molecule has 0 spiro atoms. The first-order chi connectivity index (χ1) is 10.7. The monoisotopic (exact) mass is 305 g/mol. The molecule has 5 nitrogen and oxygen atoms in total. The van der Waals surface area contributed by atoms with Crippen LogP contribution in [0.25, 0.3) is 0 Å². The number of nitrogens with two attached hydrogens (primary N) is 1. The van der Waals surface area contributed by atoms with E-state index >= 15 is 0 Å². The number of ether oxygens (including phenoxy) is 1. The summed E-state index contributed by atoms with van der Waals surface area (Å²) < 4.78 is 5.18. The van der Waals surface area contributed by atoms with Gasteiger partial charge in [0.25, 0.3) is 0 Å². The molecule has 0 aromatic heterocycles. The number of benzene rings is 1. The average Bonchev–Trinajstić information content (AvgIpc) is 2.59. The fraction of sp³-hybridized carbons (Fsp3) is 0.588. The van der Waals surface area contributed by atoms with E-state index < -0.39 is 0 Å². The molecule has 1 aromatic carbocycles. The molecule has 1 saturated heterocycles. The number of nitrogens with zero attached hydrogens (tertiary/aromatic N) is 2. The van der Waals surface area contributed by atoms with Gasteiger partial charge in [-0.3, -0.25) is 4.79 Å². The predicted molar refractivity (Wildman–Crippen MR) is 89.3 cm³/mol. The number of carbonyl (C=O) groups is 1. The molecular weight excluding hydrogens is 278 g/mol. The van der Waals surface area contributed by atoms with Crippen LogP contribution >= 0.6 is 0 Å². The Morgan fingerprint density at radius 3 is 2.36 bits per heavy atom. The van der Waals surface area contributed by atoms with Crippen molar-refractivity contribution in [2.24, 2.45) is 5.73 Å². The lowest BCUT2D eigenvalue weighted by molar-refractivity contribution is -0.131. The second-order valence-corrected chi connectivity index (χ2v) is 5.67. The molecule has 0 radical (unpaired) electrons. The largest absolute Gasteiger partial charge is 0.497 e. The number of amides is 1. The zero-order valence-corrected chi connectivity index (χ0v) is 13.5. The van der Waals surface area contributed by atoms with E-state index in [1.165, 1.54) is 5.69 Å². The van der Waals surface area contributed by atoms with Crippen molar-refractivity contribution in [3.8, 4) is 5.75 Å². The van der Waals surface area contributed by atoms with Crippen molar-refractivity contribution < 1.29 is 9.53 Å². The van der Waals surface area contributed by atoms with Crippen LogP contribution in [0.2, 0.25) is 0 Å². The van der Waals surface area contributed by atoms with Crippen molar-refractivity contribution in [3.63, 3.8) is 0 Å². The van der Waals surface area contributed by atoms with E-state index in [0.29, 0.717) is 13.0 Å². The summed E-state index contributed by atoms with van der Waals surface area (Å²) in [6.45, 7) is 4.11. The standard InChI is InChI=1S/C17H27N3O2/c1-22-16-8-6-15(7-9-16)19-11-13-20(14-12-19)17(21)5-3-2-4-10-18/h6-9H,2-5,10-14,18H2,1H3. The second-order valence-electron chi connectivity index (χ2n) is 5.67. The summed E-state index contributed by atoms with van der Waals surface area (Å²) in [5.74, 6) is 1.15. The van der Waals surface area contributed by atoms with Crippen LogP contribution in [0.4, 0.5) is 5.69 Å². The van der Waals surface area contributed by atoms with Crippen LogP contribution in [-0.2, 0) is 4.79 Å². The third-order valence-electron chi connectivity index (χ3n) is 4.16. The molecule has 1 aliphatic heterocycles. The third kappa shape index (κ3) is 4.63. The third-order valence-corrected chi connectivity index (χ3v) is 4.16. The lowest BCUT2D eigenvalue weighted by Crippen LogP contribution is -2.48. The molecule has 22 heavy (non-hydrogen) atoms. The first-order valence-electron chi connectivity index (χ1n) is 8.11. The highest BCUT2D eigenvalue weighted by Gasteiger charge is 2.20. The highest BCUT2D eigenvalue weighted by Crippen LogP contribution is 2.20. The van der Waals surface area contributed by atoms with E-state index in [2.05, 4.69) is 17.0 Å². The van der Waals surface area contributed by atoms with Gasteiger partial charge in [0.2, 0.25) is 5.91 Å². The summed E-state index contributed by atoms with van der Waals surface area (Å²) in [6, 6.07) is 8.10. The Bertz CT molecular complexity index is 453. The maximum absolute atomic E-state index is 12.1. The molecule has 0 atom stereocenters.